The topological polar surface area (TPSA) is 359 Å². The van der Waals surface area contributed by atoms with E-state index in [9.17, 15) is 22.4 Å². The fourth-order valence-electron chi connectivity index (χ4n) is 13.7. The molecule has 6 aliphatic rings. The number of anilines is 5. The first-order chi connectivity index (χ1) is 61.4. The number of fused-ring (bicyclic) bond motifs is 2. The maximum absolute atomic E-state index is 14.0. The van der Waals surface area contributed by atoms with E-state index in [4.69, 9.17) is 114 Å². The maximum atomic E-state index is 14.0. The van der Waals surface area contributed by atoms with Gasteiger partial charge in [0.2, 0.25) is 5.91 Å². The zero-order valence-electron chi connectivity index (χ0n) is 77.9. The normalized spacial score (nSPS) is 18.2. The molecule has 5 aliphatic heterocycles. The van der Waals surface area contributed by atoms with E-state index in [1.807, 2.05) is 213 Å². The summed E-state index contributed by atoms with van der Waals surface area (Å²) in [6.07, 6.45) is 0.281. The van der Waals surface area contributed by atoms with Crippen LogP contribution in [0.25, 0.3) is 44.8 Å². The van der Waals surface area contributed by atoms with E-state index in [2.05, 4.69) is 79.1 Å². The van der Waals surface area contributed by atoms with Crippen molar-refractivity contribution in [3.63, 3.8) is 0 Å². The molecule has 131 heavy (non-hydrogen) atoms. The van der Waals surface area contributed by atoms with Crippen molar-refractivity contribution in [2.45, 2.75) is 214 Å². The number of nitrogens with zero attached hydrogens (tertiary/aromatic N) is 12. The van der Waals surface area contributed by atoms with Crippen LogP contribution in [-0.2, 0) is 63.3 Å². The SMILES string of the molecule is CC1(C)OB(B2OC(C)(C)C(C)(C)O2)OC1(C)C.COc1cc(-c2cc(C)n(C)n2)ccc1N.COc1cc(-c2cc(C)n(C)n2)ccc1Nc1cc(Cl)nc2c1nc(C(F)F)n2C1CCCCO1.COc1cc(B2OC(C)(C)C(C)(C)O2)ccc1N.COc1cc(Br)ccc1N.Cc1cc(I)nn1C.FC(F)c1nc2c(Cl)cc(Cl)nc2n1C1CCCCO1.NC(=O)C1CC1. The van der Waals surface area contributed by atoms with Gasteiger partial charge in [0.05, 0.1) is 107 Å². The van der Waals surface area contributed by atoms with Gasteiger partial charge in [0.15, 0.2) is 22.9 Å². The van der Waals surface area contributed by atoms with Crippen LogP contribution in [0.15, 0.2) is 108 Å². The summed E-state index contributed by atoms with van der Waals surface area (Å²) < 4.78 is 133. The van der Waals surface area contributed by atoms with Gasteiger partial charge in [-0.1, -0.05) is 68.9 Å². The van der Waals surface area contributed by atoms with E-state index in [1.54, 1.807) is 51.3 Å². The predicted octanol–water partition coefficient (Wildman–Crippen LogP) is 19.6. The van der Waals surface area contributed by atoms with E-state index < -0.39 is 45.1 Å². The zero-order chi connectivity index (χ0) is 96.5. The summed E-state index contributed by atoms with van der Waals surface area (Å²) in [5.74, 6) is 1.91. The number of pyridine rings is 2. The molecule has 1 amide bonds. The van der Waals surface area contributed by atoms with Crippen LogP contribution in [0.2, 0.25) is 15.3 Å². The van der Waals surface area contributed by atoms with Crippen molar-refractivity contribution in [2.24, 2.45) is 32.8 Å². The van der Waals surface area contributed by atoms with Crippen molar-refractivity contribution < 1.29 is 78.7 Å². The smallest absolute Gasteiger partial charge is 0.494 e. The van der Waals surface area contributed by atoms with E-state index in [1.165, 1.54) is 20.9 Å². The highest BCUT2D eigenvalue weighted by Gasteiger charge is 2.64. The Balaban J connectivity index is 0.000000163. The molecule has 9 N–H and O–H groups in total. The monoisotopic (exact) mass is 2050 g/mol. The lowest BCUT2D eigenvalue weighted by atomic mass is 9.49. The summed E-state index contributed by atoms with van der Waals surface area (Å²) in [5, 5.41) is 16.8. The number of nitrogens with two attached hydrogens (primary N) is 4. The van der Waals surface area contributed by atoms with Gasteiger partial charge < -0.3 is 84.6 Å². The molecule has 30 nitrogen and oxygen atoms in total. The number of carbonyl (C=O) groups excluding carboxylic acids is 1. The van der Waals surface area contributed by atoms with Crippen LogP contribution in [-0.4, -0.2) is 161 Å². The summed E-state index contributed by atoms with van der Waals surface area (Å²) in [5.41, 5.74) is 31.7. The average Bonchev–Trinajstić information content (AvgIpc) is 1.61. The first-order valence-electron chi connectivity index (χ1n) is 42.5. The Hall–Kier alpha value is -8.71. The number of ether oxygens (including phenoxy) is 6. The number of nitrogen functional groups attached to an aromatic ring is 3. The highest BCUT2D eigenvalue weighted by molar-refractivity contribution is 14.1. The maximum Gasteiger partial charge on any atom is 0.494 e. The van der Waals surface area contributed by atoms with E-state index in [0.717, 1.165) is 86.1 Å². The lowest BCUT2D eigenvalue weighted by molar-refractivity contribution is -0.119. The third-order valence-corrected chi connectivity index (χ3v) is 25.5. The summed E-state index contributed by atoms with van der Waals surface area (Å²) in [4.78, 5) is 26.6. The standard InChI is InChI=1S/C24H25ClF2N6O2.C13H20BNO3.C12H24B2O4.C12H11Cl2F2N3O.C12H15N3O.C7H8BrNO.C5H7IN2.C4H7NO/c1-13-10-16(31-32(13)2)14-7-8-15(18(11-14)34-3)28-17-12-19(25)29-23-21(17)30-24(22(26)27)33(23)20-6-4-5-9-35-20;1-12(2)13(3,4)18-14(17-12)9-6-7-10(15)11(8-9)16-5;1-9(2)10(3,4)16-13(15-9)14-17-11(5,6)12(7,8)18-14;13-6-5-7(14)17-11-9(6)18-12(10(15)16)19(11)8-3-1-2-4-20-8;1-8-6-11(14-15(8)2)9-4-5-10(13)12(7-9)16-3;1-10-7-4-5(8)2-3-6(7)9;1-4-3-5(6)7-8(4)2;5-4(6)3-1-2-3/h7-8,10-12,20,22H,4-6,9H2,1-3H3,(H,28,29);6-8H,15H2,1-5H3;1-8H3;5,8,10H,1-4H2;4-7H,13H2,1-3H3;2-4H,9H2,1H3;3H,1-2H3;3H,1-2H2,(H2,5,6). The quantitative estimate of drug-likeness (QED) is 0.0209. The molecule has 1 saturated carbocycles. The highest BCUT2D eigenvalue weighted by Crippen LogP contribution is 2.46. The molecule has 6 fully saturated rings. The molecule has 2 unspecified atom stereocenters. The fourth-order valence-corrected chi connectivity index (χ4v) is 15.5. The van der Waals surface area contributed by atoms with Gasteiger partial charge >= 0.3 is 21.1 Å². The Bertz CT molecular complexity index is 5640. The first kappa shape index (κ1) is 104. The van der Waals surface area contributed by atoms with E-state index >= 15 is 0 Å². The van der Waals surface area contributed by atoms with Gasteiger partial charge in [-0.25, -0.2) is 37.5 Å². The van der Waals surface area contributed by atoms with Crippen molar-refractivity contribution >= 4 is 157 Å². The molecule has 0 radical (unpaired) electrons. The molecular formula is C89H117B3BrCl3F4IN17O13. The van der Waals surface area contributed by atoms with Gasteiger partial charge in [-0.15, -0.1) is 0 Å². The number of rotatable bonds is 15. The van der Waals surface area contributed by atoms with Crippen molar-refractivity contribution in [3.05, 3.63) is 155 Å². The number of amides is 1. The summed E-state index contributed by atoms with van der Waals surface area (Å²) in [7, 11) is 10.8. The number of hydrogen-bond acceptors (Lipinski definition) is 24. The molecule has 0 spiro atoms. The first-order valence-corrected chi connectivity index (χ1v) is 45.5. The van der Waals surface area contributed by atoms with E-state index in [-0.39, 0.29) is 96.0 Å². The van der Waals surface area contributed by atoms with Gasteiger partial charge in [0.1, 0.15) is 60.5 Å². The summed E-state index contributed by atoms with van der Waals surface area (Å²) >= 11 is 23.7. The van der Waals surface area contributed by atoms with Crippen LogP contribution >= 0.6 is 73.3 Å². The number of halogens is 9. The number of nitrogens with one attached hydrogen (secondary N) is 1. The molecule has 708 valence electrons. The van der Waals surface area contributed by atoms with Crippen molar-refractivity contribution in [3.8, 4) is 45.5 Å². The Morgan fingerprint density at radius 2 is 0.893 bits per heavy atom. The Morgan fingerprint density at radius 3 is 1.27 bits per heavy atom. The largest absolute Gasteiger partial charge is 0.495 e. The van der Waals surface area contributed by atoms with E-state index in [0.29, 0.717) is 77.5 Å². The van der Waals surface area contributed by atoms with Crippen LogP contribution in [0.1, 0.15) is 188 Å². The van der Waals surface area contributed by atoms with Crippen molar-refractivity contribution in [2.75, 3.05) is 64.2 Å². The Labute approximate surface area is 800 Å². The number of methoxy groups -OCH3 is 4. The Morgan fingerprint density at radius 1 is 0.496 bits per heavy atom. The number of imidazole rings is 2. The molecule has 2 atom stereocenters. The minimum absolute atomic E-state index is 0.130. The van der Waals surface area contributed by atoms with Gasteiger partial charge in [-0.05, 0) is 262 Å². The molecule has 7 aromatic heterocycles. The second-order valence-corrected chi connectivity index (χ2v) is 38.1. The third kappa shape index (κ3) is 25.7. The molecule has 1 aliphatic carbocycles. The molecule has 11 aromatic rings. The second kappa shape index (κ2) is 43.8. The molecule has 17 rings (SSSR count). The highest BCUT2D eigenvalue weighted by atomic mass is 127. The Kier molecular flexibility index (Phi) is 34.9. The van der Waals surface area contributed by atoms with Crippen molar-refractivity contribution in [1.29, 1.82) is 0 Å². The fraction of sp³-hybridized carbons (Fsp3) is 0.483. The second-order valence-electron chi connectivity index (χ2n) is 34.9. The van der Waals surface area contributed by atoms with Crippen LogP contribution in [0, 0.1) is 30.4 Å². The minimum atomic E-state index is -2.79. The number of primary amides is 1. The zero-order valence-corrected chi connectivity index (χ0v) is 83.9. The molecule has 5 saturated heterocycles. The van der Waals surface area contributed by atoms with Gasteiger partial charge in [-0.3, -0.25) is 28.0 Å². The van der Waals surface area contributed by atoms with Crippen LogP contribution in [0.5, 0.6) is 23.0 Å². The van der Waals surface area contributed by atoms with Crippen LogP contribution in [0.3, 0.4) is 0 Å². The number of aryl methyl sites for hydroxylation is 6. The number of carbonyl (C=O) groups is 1. The lowest BCUT2D eigenvalue weighted by Crippen LogP contribution is -2.41. The average molecular weight is 2050 g/mol. The molecule has 12 heterocycles. The number of aromatic nitrogens is 12. The molecule has 4 aromatic carbocycles. The van der Waals surface area contributed by atoms with Crippen LogP contribution in [0.4, 0.5) is 46.0 Å². The third-order valence-electron chi connectivity index (χ3n) is 23.9. The molecule has 42 heteroatoms. The minimum Gasteiger partial charge on any atom is -0.495 e. The predicted molar refractivity (Wildman–Crippen MR) is 518 cm³/mol. The van der Waals surface area contributed by atoms with Gasteiger partial charge in [0.25, 0.3) is 12.9 Å². The number of hydrogen-bond donors (Lipinski definition) is 5. The number of alkyl halides is 4. The van der Waals surface area contributed by atoms with Gasteiger partial charge in [0, 0.05) is 79.0 Å². The summed E-state index contributed by atoms with van der Waals surface area (Å²) in [6.45, 7) is 31.4. The number of benzene rings is 4. The molecular weight excluding hydrogens is 1940 g/mol. The van der Waals surface area contributed by atoms with Crippen LogP contribution < -0.4 is 52.7 Å². The van der Waals surface area contributed by atoms with Crippen molar-refractivity contribution in [1.82, 2.24) is 58.4 Å². The lowest BCUT2D eigenvalue weighted by Gasteiger charge is -2.32. The molecule has 0 bridgehead atoms. The summed E-state index contributed by atoms with van der Waals surface area (Å²) in [6, 6.07) is 31.4. The van der Waals surface area contributed by atoms with Gasteiger partial charge in [-0.2, -0.15) is 15.3 Å².